The second-order valence-corrected chi connectivity index (χ2v) is 7.98. The number of rotatable bonds is 13. The number of carbonyl (C=O) groups is 2. The normalized spacial score (nSPS) is 11.2. The van der Waals surface area contributed by atoms with Crippen LogP contribution in [-0.2, 0) is 14.2 Å². The van der Waals surface area contributed by atoms with Crippen LogP contribution < -0.4 is 10.6 Å². The lowest BCUT2D eigenvalue weighted by molar-refractivity contribution is -0.166. The van der Waals surface area contributed by atoms with E-state index in [2.05, 4.69) is 24.5 Å². The van der Waals surface area contributed by atoms with Crippen LogP contribution in [0.1, 0.15) is 59.9 Å². The standard InChI is InChI=1S/C23H32N2O5S/c1-5-29-20(30-6-2)15-28-13-12-24-22(27)19-11-14-31-23(19)25-21(26)18-9-7-17(8-10-18)16(3)4/h7-11,14,16,20H,5-6,12-13,15H2,1-4H3,(H,24,27)(H,25,26). The SMILES string of the molecule is CCOC(COCCNC(=O)c1ccsc1NC(=O)c1ccc(C(C)C)cc1)OCC. The van der Waals surface area contributed by atoms with Gasteiger partial charge in [0, 0.05) is 25.3 Å². The molecule has 2 amide bonds. The van der Waals surface area contributed by atoms with E-state index in [0.717, 1.165) is 0 Å². The zero-order valence-electron chi connectivity index (χ0n) is 18.6. The molecule has 31 heavy (non-hydrogen) atoms. The topological polar surface area (TPSA) is 85.9 Å². The van der Waals surface area contributed by atoms with Gasteiger partial charge in [0.25, 0.3) is 11.8 Å². The minimum absolute atomic E-state index is 0.243. The van der Waals surface area contributed by atoms with Crippen molar-refractivity contribution >= 4 is 28.2 Å². The van der Waals surface area contributed by atoms with Crippen molar-refractivity contribution in [2.75, 3.05) is 38.3 Å². The Kier molecular flexibility index (Phi) is 10.7. The predicted molar refractivity (Wildman–Crippen MR) is 123 cm³/mol. The third-order valence-corrected chi connectivity index (χ3v) is 5.30. The van der Waals surface area contributed by atoms with Gasteiger partial charge in [-0.1, -0.05) is 26.0 Å². The maximum Gasteiger partial charge on any atom is 0.256 e. The third kappa shape index (κ3) is 8.06. The molecule has 1 heterocycles. The summed E-state index contributed by atoms with van der Waals surface area (Å²) in [5, 5.41) is 7.93. The fraction of sp³-hybridized carbons (Fsp3) is 0.478. The molecular formula is C23H32N2O5S. The smallest absolute Gasteiger partial charge is 0.256 e. The summed E-state index contributed by atoms with van der Waals surface area (Å²) in [7, 11) is 0. The molecule has 2 rings (SSSR count). The van der Waals surface area contributed by atoms with Crippen LogP contribution in [0.25, 0.3) is 0 Å². The Morgan fingerprint density at radius 1 is 1.00 bits per heavy atom. The first-order valence-electron chi connectivity index (χ1n) is 10.5. The van der Waals surface area contributed by atoms with Crippen LogP contribution in [0.4, 0.5) is 5.00 Å². The number of amides is 2. The van der Waals surface area contributed by atoms with E-state index < -0.39 is 6.29 Å². The highest BCUT2D eigenvalue weighted by atomic mass is 32.1. The number of ether oxygens (including phenoxy) is 3. The minimum Gasteiger partial charge on any atom is -0.374 e. The summed E-state index contributed by atoms with van der Waals surface area (Å²) in [5.41, 5.74) is 2.15. The first-order chi connectivity index (χ1) is 15.0. The highest BCUT2D eigenvalue weighted by molar-refractivity contribution is 7.14. The highest BCUT2D eigenvalue weighted by Crippen LogP contribution is 2.24. The van der Waals surface area contributed by atoms with Crippen LogP contribution >= 0.6 is 11.3 Å². The number of thiophene rings is 1. The summed E-state index contributed by atoms with van der Waals surface area (Å²) in [6.07, 6.45) is -0.404. The van der Waals surface area contributed by atoms with E-state index in [9.17, 15) is 9.59 Å². The molecule has 0 spiro atoms. The molecule has 0 bridgehead atoms. The Hall–Kier alpha value is -2.26. The van der Waals surface area contributed by atoms with Crippen LogP contribution in [-0.4, -0.2) is 51.1 Å². The molecule has 0 radical (unpaired) electrons. The third-order valence-electron chi connectivity index (χ3n) is 4.47. The molecule has 0 fully saturated rings. The Labute approximate surface area is 188 Å². The molecule has 2 aromatic rings. The van der Waals surface area contributed by atoms with Gasteiger partial charge in [-0.15, -0.1) is 11.3 Å². The summed E-state index contributed by atoms with van der Waals surface area (Å²) >= 11 is 1.31. The van der Waals surface area contributed by atoms with Gasteiger partial charge < -0.3 is 24.8 Å². The van der Waals surface area contributed by atoms with Gasteiger partial charge in [-0.3, -0.25) is 9.59 Å². The van der Waals surface area contributed by atoms with Crippen LogP contribution in [0.3, 0.4) is 0 Å². The lowest BCUT2D eigenvalue weighted by atomic mass is 10.0. The molecule has 0 saturated carbocycles. The van der Waals surface area contributed by atoms with Crippen LogP contribution in [0.15, 0.2) is 35.7 Å². The maximum atomic E-state index is 12.6. The number of benzene rings is 1. The van der Waals surface area contributed by atoms with E-state index in [1.807, 2.05) is 26.0 Å². The van der Waals surface area contributed by atoms with Crippen molar-refractivity contribution in [2.45, 2.75) is 39.9 Å². The van der Waals surface area contributed by atoms with E-state index in [1.54, 1.807) is 23.6 Å². The first-order valence-corrected chi connectivity index (χ1v) is 11.4. The highest BCUT2D eigenvalue weighted by Gasteiger charge is 2.16. The lowest BCUT2D eigenvalue weighted by Gasteiger charge is -2.16. The largest absolute Gasteiger partial charge is 0.374 e. The average Bonchev–Trinajstić information content (AvgIpc) is 3.21. The molecule has 0 aliphatic heterocycles. The minimum atomic E-state index is -0.404. The summed E-state index contributed by atoms with van der Waals surface area (Å²) in [4.78, 5) is 25.1. The molecule has 2 N–H and O–H groups in total. The van der Waals surface area contributed by atoms with E-state index in [4.69, 9.17) is 14.2 Å². The van der Waals surface area contributed by atoms with Crippen LogP contribution in [0, 0.1) is 0 Å². The summed E-state index contributed by atoms with van der Waals surface area (Å²) < 4.78 is 16.3. The summed E-state index contributed by atoms with van der Waals surface area (Å²) in [6.45, 7) is 10.0. The van der Waals surface area contributed by atoms with Gasteiger partial charge >= 0.3 is 0 Å². The molecule has 1 aromatic carbocycles. The molecule has 170 valence electrons. The van der Waals surface area contributed by atoms with E-state index in [1.165, 1.54) is 16.9 Å². The number of hydrogen-bond donors (Lipinski definition) is 2. The van der Waals surface area contributed by atoms with Crippen LogP contribution in [0.2, 0.25) is 0 Å². The molecule has 7 nitrogen and oxygen atoms in total. The van der Waals surface area contributed by atoms with Crippen molar-refractivity contribution in [1.29, 1.82) is 0 Å². The first kappa shape index (κ1) is 25.0. The van der Waals surface area contributed by atoms with E-state index >= 15 is 0 Å². The Morgan fingerprint density at radius 3 is 2.29 bits per heavy atom. The molecule has 0 aliphatic rings. The van der Waals surface area contributed by atoms with Crippen molar-refractivity contribution < 1.29 is 23.8 Å². The molecular weight excluding hydrogens is 416 g/mol. The zero-order valence-corrected chi connectivity index (χ0v) is 19.4. The van der Waals surface area contributed by atoms with Crippen molar-refractivity contribution in [3.05, 3.63) is 52.4 Å². The lowest BCUT2D eigenvalue weighted by Crippen LogP contribution is -2.30. The van der Waals surface area contributed by atoms with Gasteiger partial charge in [0.15, 0.2) is 6.29 Å². The monoisotopic (exact) mass is 448 g/mol. The average molecular weight is 449 g/mol. The van der Waals surface area contributed by atoms with Crippen LogP contribution in [0.5, 0.6) is 0 Å². The van der Waals surface area contributed by atoms with Gasteiger partial charge in [0.1, 0.15) is 5.00 Å². The van der Waals surface area contributed by atoms with Crippen molar-refractivity contribution in [3.8, 4) is 0 Å². The molecule has 0 atom stereocenters. The fourth-order valence-electron chi connectivity index (χ4n) is 2.81. The Bertz CT molecular complexity index is 814. The molecule has 8 heteroatoms. The second kappa shape index (κ2) is 13.2. The summed E-state index contributed by atoms with van der Waals surface area (Å²) in [6, 6.07) is 9.19. The number of nitrogens with one attached hydrogen (secondary N) is 2. The quantitative estimate of drug-likeness (QED) is 0.353. The van der Waals surface area contributed by atoms with Gasteiger partial charge in [-0.25, -0.2) is 0 Å². The summed E-state index contributed by atoms with van der Waals surface area (Å²) in [5.74, 6) is -0.104. The maximum absolute atomic E-state index is 12.6. The molecule has 0 saturated heterocycles. The van der Waals surface area contributed by atoms with Crippen molar-refractivity contribution in [3.63, 3.8) is 0 Å². The van der Waals surface area contributed by atoms with Gasteiger partial charge in [-0.2, -0.15) is 0 Å². The molecule has 0 aliphatic carbocycles. The number of anilines is 1. The molecule has 1 aromatic heterocycles. The fourth-order valence-corrected chi connectivity index (χ4v) is 3.59. The van der Waals surface area contributed by atoms with Gasteiger partial charge in [0.2, 0.25) is 0 Å². The number of hydrogen-bond acceptors (Lipinski definition) is 6. The number of carbonyl (C=O) groups excluding carboxylic acids is 2. The Balaban J connectivity index is 1.82. The van der Waals surface area contributed by atoms with Crippen molar-refractivity contribution in [1.82, 2.24) is 5.32 Å². The zero-order chi connectivity index (χ0) is 22.6. The second-order valence-electron chi connectivity index (χ2n) is 7.07. The Morgan fingerprint density at radius 2 is 1.68 bits per heavy atom. The molecule has 0 unspecified atom stereocenters. The van der Waals surface area contributed by atoms with Crippen molar-refractivity contribution in [2.24, 2.45) is 0 Å². The van der Waals surface area contributed by atoms with Gasteiger partial charge in [0.05, 0.1) is 18.8 Å². The van der Waals surface area contributed by atoms with E-state index in [-0.39, 0.29) is 11.8 Å². The van der Waals surface area contributed by atoms with E-state index in [0.29, 0.717) is 55.0 Å². The predicted octanol–water partition coefficient (Wildman–Crippen LogP) is 4.27. The van der Waals surface area contributed by atoms with Gasteiger partial charge in [-0.05, 0) is 48.9 Å².